The molecule has 2 N–H and O–H groups in total. The van der Waals surface area contributed by atoms with Gasteiger partial charge in [0.05, 0.1) is 0 Å². The Labute approximate surface area is 139 Å². The fourth-order valence-corrected chi connectivity index (χ4v) is 3.80. The van der Waals surface area contributed by atoms with Crippen molar-refractivity contribution in [2.24, 2.45) is 5.41 Å². The average molecular weight is 335 g/mol. The van der Waals surface area contributed by atoms with Crippen LogP contribution in [-0.4, -0.2) is 64.4 Å². The predicted octanol–water partition coefficient (Wildman–Crippen LogP) is 0.340. The van der Waals surface area contributed by atoms with E-state index in [0.717, 1.165) is 4.90 Å². The molecular formula is C16H21N3O5. The lowest BCUT2D eigenvalue weighted by Gasteiger charge is -2.41. The van der Waals surface area contributed by atoms with E-state index in [4.69, 9.17) is 0 Å². The lowest BCUT2D eigenvalue weighted by Crippen LogP contribution is -2.58. The van der Waals surface area contributed by atoms with E-state index in [-0.39, 0.29) is 37.7 Å². The van der Waals surface area contributed by atoms with Crippen molar-refractivity contribution < 1.29 is 24.3 Å². The Morgan fingerprint density at radius 3 is 2.29 bits per heavy atom. The molecule has 0 aromatic heterocycles. The van der Waals surface area contributed by atoms with Gasteiger partial charge in [-0.3, -0.25) is 19.3 Å². The summed E-state index contributed by atoms with van der Waals surface area (Å²) >= 11 is 0. The number of aliphatic carboxylic acids is 1. The predicted molar refractivity (Wildman–Crippen MR) is 82.9 cm³/mol. The van der Waals surface area contributed by atoms with Crippen molar-refractivity contribution in [3.05, 3.63) is 12.2 Å². The van der Waals surface area contributed by atoms with Gasteiger partial charge in [0.25, 0.3) is 5.91 Å². The topological polar surface area (TPSA) is 107 Å². The number of likely N-dealkylation sites (tertiary alicyclic amines) is 1. The smallest absolute Gasteiger partial charge is 0.324 e. The Morgan fingerprint density at radius 1 is 1.17 bits per heavy atom. The van der Waals surface area contributed by atoms with E-state index in [0.29, 0.717) is 19.3 Å². The maximum atomic E-state index is 12.9. The summed E-state index contributed by atoms with van der Waals surface area (Å²) < 4.78 is 0. The number of carboxylic acid groups (broad SMARTS) is 1. The Balaban J connectivity index is 1.74. The number of carbonyl (C=O) groups is 4. The molecule has 2 saturated heterocycles. The molecule has 0 bridgehead atoms. The molecule has 0 aromatic rings. The number of nitrogens with zero attached hydrogens (tertiary/aromatic N) is 2. The van der Waals surface area contributed by atoms with Gasteiger partial charge in [-0.1, -0.05) is 12.2 Å². The van der Waals surface area contributed by atoms with Gasteiger partial charge in [-0.25, -0.2) is 4.79 Å². The quantitative estimate of drug-likeness (QED) is 0.430. The van der Waals surface area contributed by atoms with Gasteiger partial charge in [0.1, 0.15) is 11.0 Å². The number of rotatable bonds is 2. The first-order valence-electron chi connectivity index (χ1n) is 8.10. The minimum Gasteiger partial charge on any atom is -0.480 e. The van der Waals surface area contributed by atoms with E-state index in [1.165, 1.54) is 11.9 Å². The number of likely N-dealkylation sites (N-methyl/N-ethyl adjacent to an activating group) is 1. The van der Waals surface area contributed by atoms with E-state index in [2.05, 4.69) is 5.32 Å². The van der Waals surface area contributed by atoms with E-state index in [1.54, 1.807) is 6.08 Å². The normalized spacial score (nSPS) is 29.0. The fraction of sp³-hybridized carbons (Fsp3) is 0.625. The van der Waals surface area contributed by atoms with Crippen LogP contribution in [0.15, 0.2) is 12.2 Å². The van der Waals surface area contributed by atoms with Crippen LogP contribution >= 0.6 is 0 Å². The van der Waals surface area contributed by atoms with Gasteiger partial charge in [0.15, 0.2) is 0 Å². The molecule has 8 nitrogen and oxygen atoms in total. The molecule has 8 heteroatoms. The van der Waals surface area contributed by atoms with Gasteiger partial charge in [-0.2, -0.15) is 0 Å². The SMILES string of the molecule is CN1C(=O)NC2(CCN(C(=O)C3(C(=O)O)CC=CCC3)CC2)C1=O. The molecule has 3 rings (SSSR count). The molecule has 2 fully saturated rings. The van der Waals surface area contributed by atoms with Crippen LogP contribution in [0.5, 0.6) is 0 Å². The Kier molecular flexibility index (Phi) is 3.85. The minimum atomic E-state index is -1.40. The zero-order valence-electron chi connectivity index (χ0n) is 13.6. The van der Waals surface area contributed by atoms with Crippen molar-refractivity contribution in [3.8, 4) is 0 Å². The molecular weight excluding hydrogens is 314 g/mol. The number of hydrogen-bond acceptors (Lipinski definition) is 4. The van der Waals surface area contributed by atoms with Crippen LogP contribution < -0.4 is 5.32 Å². The highest BCUT2D eigenvalue weighted by Gasteiger charge is 2.54. The molecule has 24 heavy (non-hydrogen) atoms. The minimum absolute atomic E-state index is 0.196. The molecule has 2 aliphatic heterocycles. The lowest BCUT2D eigenvalue weighted by molar-refractivity contribution is -0.163. The fourth-order valence-electron chi connectivity index (χ4n) is 3.80. The van der Waals surface area contributed by atoms with E-state index in [1.807, 2.05) is 6.08 Å². The number of amides is 4. The third-order valence-electron chi connectivity index (χ3n) is 5.46. The Morgan fingerprint density at radius 2 is 1.83 bits per heavy atom. The summed E-state index contributed by atoms with van der Waals surface area (Å²) in [5, 5.41) is 12.3. The summed E-state index contributed by atoms with van der Waals surface area (Å²) in [4.78, 5) is 51.2. The Bertz CT molecular complexity index is 636. The van der Waals surface area contributed by atoms with Gasteiger partial charge in [0.2, 0.25) is 5.91 Å². The van der Waals surface area contributed by atoms with Gasteiger partial charge < -0.3 is 15.3 Å². The van der Waals surface area contributed by atoms with E-state index in [9.17, 15) is 24.3 Å². The first kappa shape index (κ1) is 16.5. The van der Waals surface area contributed by atoms with Crippen LogP contribution in [-0.2, 0) is 14.4 Å². The first-order chi connectivity index (χ1) is 11.3. The molecule has 0 saturated carbocycles. The highest BCUT2D eigenvalue weighted by molar-refractivity contribution is 6.07. The van der Waals surface area contributed by atoms with E-state index < -0.39 is 23.0 Å². The van der Waals surface area contributed by atoms with Crippen LogP contribution in [0.2, 0.25) is 0 Å². The van der Waals surface area contributed by atoms with Gasteiger partial charge >= 0.3 is 12.0 Å². The number of piperidine rings is 1. The number of hydrogen-bond donors (Lipinski definition) is 2. The molecule has 2 heterocycles. The van der Waals surface area contributed by atoms with Crippen LogP contribution in [0, 0.1) is 5.41 Å². The van der Waals surface area contributed by atoms with Gasteiger partial charge in [0, 0.05) is 20.1 Å². The second-order valence-corrected chi connectivity index (χ2v) is 6.77. The number of carboxylic acids is 1. The third kappa shape index (κ3) is 2.28. The zero-order chi connectivity index (χ0) is 17.5. The maximum Gasteiger partial charge on any atom is 0.324 e. The van der Waals surface area contributed by atoms with Gasteiger partial charge in [-0.05, 0) is 32.1 Å². The Hall–Kier alpha value is -2.38. The summed E-state index contributed by atoms with van der Waals surface area (Å²) in [5.41, 5.74) is -2.36. The molecule has 1 atom stereocenters. The standard InChI is InChI=1S/C16H21N3O5/c1-18-12(21)16(17-14(18)24)7-9-19(10-8-16)11(20)15(13(22)23)5-3-2-4-6-15/h2-3H,4-10H2,1H3,(H,17,24)(H,22,23). The van der Waals surface area contributed by atoms with Crippen molar-refractivity contribution in [2.45, 2.75) is 37.6 Å². The summed E-state index contributed by atoms with van der Waals surface area (Å²) in [6.45, 7) is 0.523. The maximum absolute atomic E-state index is 12.9. The number of nitrogens with one attached hydrogen (secondary N) is 1. The lowest BCUT2D eigenvalue weighted by atomic mass is 9.75. The highest BCUT2D eigenvalue weighted by Crippen LogP contribution is 2.37. The molecule has 1 unspecified atom stereocenters. The molecule has 3 aliphatic rings. The summed E-state index contributed by atoms with van der Waals surface area (Å²) in [6, 6.07) is -0.431. The van der Waals surface area contributed by atoms with Crippen molar-refractivity contribution in [1.82, 2.24) is 15.1 Å². The summed E-state index contributed by atoms with van der Waals surface area (Å²) in [6.07, 6.45) is 5.30. The molecule has 4 amide bonds. The second-order valence-electron chi connectivity index (χ2n) is 6.77. The monoisotopic (exact) mass is 335 g/mol. The zero-order valence-corrected chi connectivity index (χ0v) is 13.6. The molecule has 130 valence electrons. The molecule has 0 radical (unpaired) electrons. The largest absolute Gasteiger partial charge is 0.480 e. The van der Waals surface area contributed by atoms with Crippen LogP contribution in [0.4, 0.5) is 4.79 Å². The molecule has 0 aromatic carbocycles. The molecule has 1 spiro atoms. The van der Waals surface area contributed by atoms with Crippen LogP contribution in [0.25, 0.3) is 0 Å². The summed E-state index contributed by atoms with van der Waals surface area (Å²) in [7, 11) is 1.43. The number of urea groups is 1. The second kappa shape index (κ2) is 5.61. The summed E-state index contributed by atoms with van der Waals surface area (Å²) in [5.74, 6) is -1.77. The van der Waals surface area contributed by atoms with Crippen LogP contribution in [0.3, 0.4) is 0 Å². The number of imide groups is 1. The van der Waals surface area contributed by atoms with Crippen molar-refractivity contribution in [1.29, 1.82) is 0 Å². The number of allylic oxidation sites excluding steroid dienone is 2. The van der Waals surface area contributed by atoms with Gasteiger partial charge in [-0.15, -0.1) is 0 Å². The van der Waals surface area contributed by atoms with E-state index >= 15 is 0 Å². The van der Waals surface area contributed by atoms with Crippen molar-refractivity contribution in [2.75, 3.05) is 20.1 Å². The van der Waals surface area contributed by atoms with Crippen molar-refractivity contribution in [3.63, 3.8) is 0 Å². The third-order valence-corrected chi connectivity index (χ3v) is 5.46. The molecule has 1 aliphatic carbocycles. The van der Waals surface area contributed by atoms with Crippen LogP contribution in [0.1, 0.15) is 32.1 Å². The highest BCUT2D eigenvalue weighted by atomic mass is 16.4. The average Bonchev–Trinajstić information content (AvgIpc) is 2.79. The van der Waals surface area contributed by atoms with Crippen molar-refractivity contribution >= 4 is 23.8 Å². The first-order valence-corrected chi connectivity index (χ1v) is 8.10. The number of carbonyl (C=O) groups excluding carboxylic acids is 3.